The second kappa shape index (κ2) is 3.86. The number of carbonyl (C=O) groups is 1. The molecule has 0 unspecified atom stereocenters. The minimum absolute atomic E-state index is 0.107. The fraction of sp³-hybridized carbons (Fsp3) is 0.545. The smallest absolute Gasteiger partial charge is 0.306 e. The molecule has 0 N–H and O–H groups in total. The van der Waals surface area contributed by atoms with Crippen LogP contribution in [0.5, 0.6) is 0 Å². The van der Waals surface area contributed by atoms with Crippen LogP contribution in [0.1, 0.15) is 30.9 Å². The third-order valence-electron chi connectivity index (χ3n) is 2.88. The van der Waals surface area contributed by atoms with Gasteiger partial charge in [0.05, 0.1) is 13.5 Å². The van der Waals surface area contributed by atoms with E-state index >= 15 is 0 Å². The normalized spacial score (nSPS) is 20.2. The summed E-state index contributed by atoms with van der Waals surface area (Å²) in [5.41, 5.74) is 1.28. The van der Waals surface area contributed by atoms with Gasteiger partial charge in [0.15, 0.2) is 0 Å². The third kappa shape index (κ3) is 1.67. The van der Waals surface area contributed by atoms with E-state index in [2.05, 4.69) is 16.8 Å². The molecule has 0 saturated heterocycles. The standard InChI is InChI=1S/C11H15NO2/c1-14-11(13)8-9-4-2-6-12-7-3-5-10(9)12/h3,5,7,9H,2,4,6,8H2,1H3/t9-/m1/s1. The molecule has 1 aliphatic heterocycles. The first-order valence-electron chi connectivity index (χ1n) is 5.03. The van der Waals surface area contributed by atoms with E-state index in [0.717, 1.165) is 19.4 Å². The Bertz CT molecular complexity index is 330. The number of methoxy groups -OCH3 is 1. The molecule has 0 fully saturated rings. The van der Waals surface area contributed by atoms with E-state index in [-0.39, 0.29) is 5.97 Å². The number of aromatic nitrogens is 1. The third-order valence-corrected chi connectivity index (χ3v) is 2.88. The van der Waals surface area contributed by atoms with E-state index in [1.54, 1.807) is 0 Å². The zero-order valence-electron chi connectivity index (χ0n) is 8.40. The van der Waals surface area contributed by atoms with Gasteiger partial charge in [-0.3, -0.25) is 4.79 Å². The summed E-state index contributed by atoms with van der Waals surface area (Å²) in [5.74, 6) is 0.246. The molecule has 0 radical (unpaired) electrons. The number of hydrogen-bond acceptors (Lipinski definition) is 2. The molecule has 1 aliphatic rings. The SMILES string of the molecule is COC(=O)C[C@H]1CCCn2cccc21. The highest BCUT2D eigenvalue weighted by atomic mass is 16.5. The lowest BCUT2D eigenvalue weighted by Gasteiger charge is -2.23. The van der Waals surface area contributed by atoms with Crippen LogP contribution in [-0.2, 0) is 16.1 Å². The molecule has 76 valence electrons. The Morgan fingerprint density at radius 1 is 1.71 bits per heavy atom. The van der Waals surface area contributed by atoms with Gasteiger partial charge in [-0.15, -0.1) is 0 Å². The van der Waals surface area contributed by atoms with Crippen molar-refractivity contribution >= 4 is 5.97 Å². The molecule has 14 heavy (non-hydrogen) atoms. The molecule has 2 rings (SSSR count). The minimum atomic E-state index is -0.107. The number of rotatable bonds is 2. The van der Waals surface area contributed by atoms with Crippen molar-refractivity contribution in [3.8, 4) is 0 Å². The second-order valence-corrected chi connectivity index (χ2v) is 3.75. The summed E-state index contributed by atoms with van der Waals surface area (Å²) < 4.78 is 6.93. The monoisotopic (exact) mass is 193 g/mol. The zero-order valence-corrected chi connectivity index (χ0v) is 8.40. The van der Waals surface area contributed by atoms with Gasteiger partial charge in [0.1, 0.15) is 0 Å². The molecule has 3 nitrogen and oxygen atoms in total. The highest BCUT2D eigenvalue weighted by Crippen LogP contribution is 2.30. The number of nitrogens with zero attached hydrogens (tertiary/aromatic N) is 1. The average Bonchev–Trinajstić information content (AvgIpc) is 2.66. The van der Waals surface area contributed by atoms with Crippen molar-refractivity contribution in [1.29, 1.82) is 0 Å². The van der Waals surface area contributed by atoms with Gasteiger partial charge in [-0.05, 0) is 25.0 Å². The summed E-state index contributed by atoms with van der Waals surface area (Å²) in [4.78, 5) is 11.2. The van der Waals surface area contributed by atoms with Crippen LogP contribution in [0, 0.1) is 0 Å². The molecule has 0 aliphatic carbocycles. The van der Waals surface area contributed by atoms with Crippen LogP contribution in [0.25, 0.3) is 0 Å². The number of carbonyl (C=O) groups excluding carboxylic acids is 1. The molecule has 0 bridgehead atoms. The molecule has 2 heterocycles. The Balaban J connectivity index is 2.12. The van der Waals surface area contributed by atoms with Crippen molar-refractivity contribution in [2.24, 2.45) is 0 Å². The number of aryl methyl sites for hydroxylation is 1. The summed E-state index contributed by atoms with van der Waals surface area (Å²) in [6.45, 7) is 1.08. The minimum Gasteiger partial charge on any atom is -0.469 e. The van der Waals surface area contributed by atoms with Crippen molar-refractivity contribution < 1.29 is 9.53 Å². The lowest BCUT2D eigenvalue weighted by Crippen LogP contribution is -2.17. The predicted octanol–water partition coefficient (Wildman–Crippen LogP) is 1.93. The second-order valence-electron chi connectivity index (χ2n) is 3.75. The number of fused-ring (bicyclic) bond motifs is 1. The van der Waals surface area contributed by atoms with Crippen molar-refractivity contribution in [2.75, 3.05) is 7.11 Å². The summed E-state index contributed by atoms with van der Waals surface area (Å²) in [7, 11) is 1.45. The maximum Gasteiger partial charge on any atom is 0.306 e. The molecule has 3 heteroatoms. The molecule has 1 atom stereocenters. The van der Waals surface area contributed by atoms with Gasteiger partial charge in [-0.1, -0.05) is 0 Å². The van der Waals surface area contributed by atoms with Crippen molar-refractivity contribution in [3.63, 3.8) is 0 Å². The molecule has 0 aromatic carbocycles. The fourth-order valence-corrected chi connectivity index (χ4v) is 2.15. The molecule has 1 aromatic heterocycles. The summed E-state index contributed by atoms with van der Waals surface area (Å²) >= 11 is 0. The number of esters is 1. The van der Waals surface area contributed by atoms with Crippen LogP contribution < -0.4 is 0 Å². The molecular weight excluding hydrogens is 178 g/mol. The first kappa shape index (κ1) is 9.31. The summed E-state index contributed by atoms with van der Waals surface area (Å²) in [6.07, 6.45) is 4.85. The number of hydrogen-bond donors (Lipinski definition) is 0. The molecule has 0 amide bonds. The molecule has 0 spiro atoms. The van der Waals surface area contributed by atoms with E-state index in [9.17, 15) is 4.79 Å². The Labute approximate surface area is 83.7 Å². The Hall–Kier alpha value is -1.25. The van der Waals surface area contributed by atoms with Crippen LogP contribution in [0.3, 0.4) is 0 Å². The van der Waals surface area contributed by atoms with E-state index < -0.39 is 0 Å². The van der Waals surface area contributed by atoms with Gasteiger partial charge in [0.25, 0.3) is 0 Å². The van der Waals surface area contributed by atoms with Gasteiger partial charge >= 0.3 is 5.97 Å². The van der Waals surface area contributed by atoms with Gasteiger partial charge in [-0.25, -0.2) is 0 Å². The number of ether oxygens (including phenoxy) is 1. The van der Waals surface area contributed by atoms with Gasteiger partial charge in [-0.2, -0.15) is 0 Å². The maximum absolute atomic E-state index is 11.2. The summed E-state index contributed by atoms with van der Waals surface area (Å²) in [5, 5.41) is 0. The fourth-order valence-electron chi connectivity index (χ4n) is 2.15. The largest absolute Gasteiger partial charge is 0.469 e. The summed E-state index contributed by atoms with van der Waals surface area (Å²) in [6, 6.07) is 4.15. The van der Waals surface area contributed by atoms with Gasteiger partial charge in [0.2, 0.25) is 0 Å². The quantitative estimate of drug-likeness (QED) is 0.672. The zero-order chi connectivity index (χ0) is 9.97. The van der Waals surface area contributed by atoms with Gasteiger partial charge in [0, 0.05) is 24.4 Å². The topological polar surface area (TPSA) is 31.2 Å². The van der Waals surface area contributed by atoms with E-state index in [1.165, 1.54) is 12.8 Å². The van der Waals surface area contributed by atoms with Crippen molar-refractivity contribution in [2.45, 2.75) is 31.7 Å². The van der Waals surface area contributed by atoms with E-state index in [4.69, 9.17) is 4.74 Å². The van der Waals surface area contributed by atoms with Crippen LogP contribution in [0.4, 0.5) is 0 Å². The Morgan fingerprint density at radius 2 is 2.57 bits per heavy atom. The van der Waals surface area contributed by atoms with Crippen LogP contribution in [0.15, 0.2) is 18.3 Å². The lowest BCUT2D eigenvalue weighted by atomic mass is 9.93. The molecule has 0 saturated carbocycles. The highest BCUT2D eigenvalue weighted by Gasteiger charge is 2.22. The van der Waals surface area contributed by atoms with E-state index in [1.807, 2.05) is 6.07 Å². The first-order chi connectivity index (χ1) is 6.81. The first-order valence-corrected chi connectivity index (χ1v) is 5.03. The van der Waals surface area contributed by atoms with Crippen LogP contribution >= 0.6 is 0 Å². The Kier molecular flexibility index (Phi) is 2.57. The van der Waals surface area contributed by atoms with E-state index in [0.29, 0.717) is 12.3 Å². The average molecular weight is 193 g/mol. The lowest BCUT2D eigenvalue weighted by molar-refractivity contribution is -0.141. The maximum atomic E-state index is 11.2. The predicted molar refractivity (Wildman–Crippen MR) is 53.0 cm³/mol. The Morgan fingerprint density at radius 3 is 3.36 bits per heavy atom. The van der Waals surface area contributed by atoms with Crippen molar-refractivity contribution in [3.05, 3.63) is 24.0 Å². The molecule has 1 aromatic rings. The highest BCUT2D eigenvalue weighted by molar-refractivity contribution is 5.70. The van der Waals surface area contributed by atoms with Gasteiger partial charge < -0.3 is 9.30 Å². The van der Waals surface area contributed by atoms with Crippen LogP contribution in [-0.4, -0.2) is 17.6 Å². The molecular formula is C11H15NO2. The van der Waals surface area contributed by atoms with Crippen LogP contribution in [0.2, 0.25) is 0 Å². The van der Waals surface area contributed by atoms with Crippen molar-refractivity contribution in [1.82, 2.24) is 4.57 Å².